The van der Waals surface area contributed by atoms with Crippen LogP contribution in [0.2, 0.25) is 0 Å². The number of aromatic nitrogens is 1. The van der Waals surface area contributed by atoms with Crippen molar-refractivity contribution in [2.24, 2.45) is 5.92 Å². The van der Waals surface area contributed by atoms with Crippen molar-refractivity contribution in [3.8, 4) is 5.19 Å². The first kappa shape index (κ1) is 34.4. The van der Waals surface area contributed by atoms with E-state index in [0.717, 1.165) is 35.0 Å². The number of aryl methyl sites for hydroxylation is 1. The van der Waals surface area contributed by atoms with Crippen molar-refractivity contribution in [3.05, 3.63) is 66.0 Å². The lowest BCUT2D eigenvalue weighted by atomic mass is 10.0. The van der Waals surface area contributed by atoms with Crippen LogP contribution in [0.5, 0.6) is 5.19 Å². The summed E-state index contributed by atoms with van der Waals surface area (Å²) >= 11 is 1.38. The van der Waals surface area contributed by atoms with E-state index in [4.69, 9.17) is 4.74 Å². The lowest BCUT2D eigenvalue weighted by molar-refractivity contribution is -0.140. The van der Waals surface area contributed by atoms with E-state index >= 15 is 0 Å². The maximum absolute atomic E-state index is 14.4. The summed E-state index contributed by atoms with van der Waals surface area (Å²) < 4.78 is 48.8. The topological polar surface area (TPSA) is 147 Å². The Hall–Kier alpha value is -4.04. The number of hydrogen-bond acceptors (Lipinski definition) is 9. The highest BCUT2D eigenvalue weighted by atomic mass is 32.2. The summed E-state index contributed by atoms with van der Waals surface area (Å²) in [6.07, 6.45) is 8.13. The molecule has 14 heteroatoms. The Morgan fingerprint density at radius 3 is 2.74 bits per heavy atom. The van der Waals surface area contributed by atoms with Gasteiger partial charge in [-0.15, -0.1) is 0 Å². The van der Waals surface area contributed by atoms with E-state index in [1.807, 2.05) is 37.3 Å². The van der Waals surface area contributed by atoms with Gasteiger partial charge in [0.2, 0.25) is 21.8 Å². The quantitative estimate of drug-likeness (QED) is 0.290. The van der Waals surface area contributed by atoms with E-state index in [9.17, 15) is 27.2 Å². The van der Waals surface area contributed by atoms with Crippen LogP contribution in [0.25, 0.3) is 10.2 Å². The van der Waals surface area contributed by atoms with Crippen LogP contribution in [0.1, 0.15) is 70.3 Å². The Labute approximate surface area is 295 Å². The lowest BCUT2D eigenvalue weighted by Crippen LogP contribution is -2.58. The molecule has 0 unspecified atom stereocenters. The van der Waals surface area contributed by atoms with Crippen molar-refractivity contribution in [1.29, 1.82) is 0 Å². The number of carbonyl (C=O) groups is 3. The van der Waals surface area contributed by atoms with Gasteiger partial charge < -0.3 is 20.3 Å². The fraction of sp³-hybridized carbons (Fsp3) is 0.500. The minimum atomic E-state index is -3.95. The molecule has 266 valence electrons. The zero-order chi connectivity index (χ0) is 35.3. The molecule has 50 heavy (non-hydrogen) atoms. The second kappa shape index (κ2) is 13.3. The van der Waals surface area contributed by atoms with Crippen LogP contribution in [-0.4, -0.2) is 71.0 Å². The third kappa shape index (κ3) is 6.96. The van der Waals surface area contributed by atoms with Gasteiger partial charge >= 0.3 is 0 Å². The average Bonchev–Trinajstić information content (AvgIpc) is 3.88. The zero-order valence-electron chi connectivity index (χ0n) is 28.1. The summed E-state index contributed by atoms with van der Waals surface area (Å²) in [6, 6.07) is 10.0. The number of amides is 3. The molecule has 3 heterocycles. The van der Waals surface area contributed by atoms with Gasteiger partial charge in [-0.3, -0.25) is 19.1 Å². The molecule has 3 N–H and O–H groups in total. The first-order valence-corrected chi connectivity index (χ1v) is 19.6. The van der Waals surface area contributed by atoms with E-state index in [2.05, 4.69) is 20.3 Å². The molecule has 11 nitrogen and oxygen atoms in total. The molecule has 0 bridgehead atoms. The molecule has 0 spiro atoms. The third-order valence-corrected chi connectivity index (χ3v) is 13.5. The highest BCUT2D eigenvalue weighted by Crippen LogP contribution is 2.47. The number of hydrogen-bond donors (Lipinski definition) is 3. The summed E-state index contributed by atoms with van der Waals surface area (Å²) in [6.45, 7) is 3.68. The standard InChI is InChI=1S/C36H42FN5O6S2/c1-22-13-14-27-30(17-22)49-34(39-27)48-26-19-29-31(43)40-36(33(45)41-50(46,47)35(2)15-16-35)20-23(36)9-6-4-3-5-7-12-28(32(44)42(29)21-26)38-25-11-8-10-24(37)18-25/h6,8-11,13-14,17-18,23,26,28-29,38H,3-5,7,12,15-16,19-21H2,1-2H3,(H,40,43)(H,41,45)/b9-6-/t23-,26+,28-,29-,36+/m0/s1. The molecular formula is C36H42FN5O6S2. The second-order valence-electron chi connectivity index (χ2n) is 14.4. The van der Waals surface area contributed by atoms with Crippen LogP contribution in [0.15, 0.2) is 54.6 Å². The molecule has 3 fully saturated rings. The number of sulfonamides is 1. The Morgan fingerprint density at radius 2 is 1.96 bits per heavy atom. The van der Waals surface area contributed by atoms with Crippen LogP contribution in [0, 0.1) is 18.7 Å². The highest BCUT2D eigenvalue weighted by molar-refractivity contribution is 7.91. The number of benzene rings is 2. The molecule has 2 saturated carbocycles. The summed E-state index contributed by atoms with van der Waals surface area (Å²) in [5.41, 5.74) is 0.851. The predicted molar refractivity (Wildman–Crippen MR) is 189 cm³/mol. The average molecular weight is 724 g/mol. The van der Waals surface area contributed by atoms with Gasteiger partial charge in [-0.2, -0.15) is 0 Å². The van der Waals surface area contributed by atoms with Crippen LogP contribution in [-0.2, 0) is 24.4 Å². The van der Waals surface area contributed by atoms with Gasteiger partial charge in [-0.1, -0.05) is 48.5 Å². The molecule has 2 aliphatic heterocycles. The first-order chi connectivity index (χ1) is 23.9. The van der Waals surface area contributed by atoms with E-state index in [1.54, 1.807) is 19.1 Å². The maximum atomic E-state index is 14.4. The number of halogens is 1. The predicted octanol–water partition coefficient (Wildman–Crippen LogP) is 4.97. The molecule has 0 radical (unpaired) electrons. The molecule has 3 aromatic rings. The SMILES string of the molecule is Cc1ccc2nc(O[C@@H]3C[C@H]4C(=O)N[C@]5(C(=O)NS(=O)(=O)C6(C)CC6)C[C@@H]5/C=C\CCCCC[C@H](Nc5cccc(F)c5)C(=O)N4C3)sc2c1. The largest absolute Gasteiger partial charge is 0.465 e. The van der Waals surface area contributed by atoms with Gasteiger partial charge in [0.25, 0.3) is 11.1 Å². The second-order valence-corrected chi connectivity index (χ2v) is 17.6. The molecule has 2 aliphatic carbocycles. The lowest BCUT2D eigenvalue weighted by Gasteiger charge is -2.30. The molecule has 1 aromatic heterocycles. The number of nitrogens with zero attached hydrogens (tertiary/aromatic N) is 2. The number of ether oxygens (including phenoxy) is 1. The molecule has 7 rings (SSSR count). The third-order valence-electron chi connectivity index (χ3n) is 10.4. The molecule has 5 atom stereocenters. The van der Waals surface area contributed by atoms with E-state index < -0.39 is 62.0 Å². The van der Waals surface area contributed by atoms with Crippen molar-refractivity contribution in [1.82, 2.24) is 19.9 Å². The fourth-order valence-electron chi connectivity index (χ4n) is 6.93. The Bertz CT molecular complexity index is 1960. The summed E-state index contributed by atoms with van der Waals surface area (Å²) in [7, 11) is -3.95. The molecule has 3 amide bonds. The number of fused-ring (bicyclic) bond motifs is 3. The van der Waals surface area contributed by atoms with Crippen LogP contribution >= 0.6 is 11.3 Å². The van der Waals surface area contributed by atoms with Gasteiger partial charge in [0.15, 0.2) is 0 Å². The minimum absolute atomic E-state index is 0.0858. The highest BCUT2D eigenvalue weighted by Gasteiger charge is 2.63. The van der Waals surface area contributed by atoms with Crippen LogP contribution in [0.4, 0.5) is 10.1 Å². The van der Waals surface area contributed by atoms with E-state index in [-0.39, 0.29) is 25.3 Å². The van der Waals surface area contributed by atoms with E-state index in [1.165, 1.54) is 28.4 Å². The fourth-order valence-corrected chi connectivity index (χ4v) is 9.22. The number of anilines is 1. The summed E-state index contributed by atoms with van der Waals surface area (Å²) in [4.78, 5) is 48.6. The van der Waals surface area contributed by atoms with Crippen molar-refractivity contribution in [2.45, 2.75) is 100 Å². The minimum Gasteiger partial charge on any atom is -0.465 e. The van der Waals surface area contributed by atoms with Crippen LogP contribution in [0.3, 0.4) is 0 Å². The van der Waals surface area contributed by atoms with Gasteiger partial charge in [0.1, 0.15) is 29.5 Å². The van der Waals surface area contributed by atoms with Gasteiger partial charge in [-0.25, -0.2) is 17.8 Å². The van der Waals surface area contributed by atoms with Crippen molar-refractivity contribution in [2.75, 3.05) is 11.9 Å². The molecule has 1 saturated heterocycles. The van der Waals surface area contributed by atoms with Crippen molar-refractivity contribution < 1.29 is 31.9 Å². The Morgan fingerprint density at radius 1 is 1.14 bits per heavy atom. The normalized spacial score (nSPS) is 28.7. The first-order valence-electron chi connectivity index (χ1n) is 17.3. The number of nitrogens with one attached hydrogen (secondary N) is 3. The number of rotatable bonds is 7. The van der Waals surface area contributed by atoms with Gasteiger partial charge in [0.05, 0.1) is 21.5 Å². The molecule has 2 aromatic carbocycles. The number of allylic oxidation sites excluding steroid dienone is 1. The van der Waals surface area contributed by atoms with Crippen LogP contribution < -0.4 is 20.1 Å². The van der Waals surface area contributed by atoms with Gasteiger partial charge in [-0.05, 0) is 88.3 Å². The molecule has 4 aliphatic rings. The number of thiazole rings is 1. The van der Waals surface area contributed by atoms with E-state index in [0.29, 0.717) is 36.6 Å². The molecular weight excluding hydrogens is 682 g/mol. The Kier molecular flexibility index (Phi) is 9.12. The summed E-state index contributed by atoms with van der Waals surface area (Å²) in [5.74, 6) is -2.51. The smallest absolute Gasteiger partial charge is 0.274 e. The summed E-state index contributed by atoms with van der Waals surface area (Å²) in [5, 5.41) is 6.54. The van der Waals surface area contributed by atoms with Crippen molar-refractivity contribution in [3.63, 3.8) is 0 Å². The maximum Gasteiger partial charge on any atom is 0.274 e. The monoisotopic (exact) mass is 723 g/mol. The Balaban J connectivity index is 1.19. The number of carbonyl (C=O) groups excluding carboxylic acids is 3. The van der Waals surface area contributed by atoms with Gasteiger partial charge in [0, 0.05) is 18.0 Å². The van der Waals surface area contributed by atoms with Crippen molar-refractivity contribution >= 4 is 55.0 Å². The zero-order valence-corrected chi connectivity index (χ0v) is 29.7.